The number of benzene rings is 1. The molecule has 1 aliphatic rings. The lowest BCUT2D eigenvalue weighted by atomic mass is 10.1. The first-order valence-electron chi connectivity index (χ1n) is 6.56. The lowest BCUT2D eigenvalue weighted by Crippen LogP contribution is -2.42. The van der Waals surface area contributed by atoms with Crippen LogP contribution in [0.15, 0.2) is 18.2 Å². The predicted molar refractivity (Wildman–Crippen MR) is 75.0 cm³/mol. The molecule has 1 heterocycles. The van der Waals surface area contributed by atoms with Crippen molar-refractivity contribution in [1.29, 1.82) is 0 Å². The lowest BCUT2D eigenvalue weighted by molar-refractivity contribution is -0.144. The molecule has 2 rings (SSSR count). The molecule has 0 radical (unpaired) electrons. The molecule has 0 spiro atoms. The summed E-state index contributed by atoms with van der Waals surface area (Å²) in [7, 11) is 1.52. The van der Waals surface area contributed by atoms with Gasteiger partial charge in [-0.3, -0.25) is 14.5 Å². The number of ether oxygens (including phenoxy) is 3. The van der Waals surface area contributed by atoms with Crippen LogP contribution in [0.3, 0.4) is 0 Å². The maximum atomic E-state index is 11.9. The molecule has 1 aliphatic heterocycles. The van der Waals surface area contributed by atoms with Gasteiger partial charge in [0, 0.05) is 13.7 Å². The topological polar surface area (TPSA) is 91.1 Å². The van der Waals surface area contributed by atoms with Gasteiger partial charge < -0.3 is 19.9 Å². The van der Waals surface area contributed by atoms with Crippen LogP contribution in [0.1, 0.15) is 5.56 Å². The number of rotatable bonds is 6. The van der Waals surface area contributed by atoms with Gasteiger partial charge >= 0.3 is 5.97 Å². The summed E-state index contributed by atoms with van der Waals surface area (Å²) < 4.78 is 15.1. The highest BCUT2D eigenvalue weighted by atomic mass is 16.6. The van der Waals surface area contributed by atoms with Crippen LogP contribution in [0.5, 0.6) is 5.75 Å². The third-order valence-electron chi connectivity index (χ3n) is 3.04. The third-order valence-corrected chi connectivity index (χ3v) is 3.04. The number of amides is 1. The summed E-state index contributed by atoms with van der Waals surface area (Å²) in [5, 5.41) is 0. The number of fused-ring (bicyclic) bond motifs is 1. The van der Waals surface area contributed by atoms with Crippen LogP contribution in [-0.4, -0.2) is 45.4 Å². The average Bonchev–Trinajstić information content (AvgIpc) is 2.50. The zero-order chi connectivity index (χ0) is 15.2. The van der Waals surface area contributed by atoms with Crippen molar-refractivity contribution in [2.75, 3.05) is 38.4 Å². The van der Waals surface area contributed by atoms with Gasteiger partial charge in [0.05, 0.1) is 12.3 Å². The van der Waals surface area contributed by atoms with E-state index in [0.29, 0.717) is 24.6 Å². The fourth-order valence-electron chi connectivity index (χ4n) is 1.96. The minimum atomic E-state index is -0.490. The first kappa shape index (κ1) is 15.3. The molecule has 0 fully saturated rings. The minimum Gasteiger partial charge on any atom is -0.482 e. The van der Waals surface area contributed by atoms with Gasteiger partial charge in [-0.2, -0.15) is 0 Å². The Labute approximate surface area is 122 Å². The Morgan fingerprint density at radius 3 is 2.95 bits per heavy atom. The zero-order valence-corrected chi connectivity index (χ0v) is 11.8. The van der Waals surface area contributed by atoms with Crippen molar-refractivity contribution in [1.82, 2.24) is 0 Å². The highest BCUT2D eigenvalue weighted by molar-refractivity contribution is 6.01. The molecular formula is C14H18N2O5. The molecule has 0 saturated heterocycles. The molecule has 0 aliphatic carbocycles. The van der Waals surface area contributed by atoms with Crippen molar-refractivity contribution in [3.63, 3.8) is 0 Å². The Morgan fingerprint density at radius 1 is 1.43 bits per heavy atom. The van der Waals surface area contributed by atoms with Gasteiger partial charge in [0.2, 0.25) is 0 Å². The molecule has 0 saturated carbocycles. The Kier molecular flexibility index (Phi) is 5.13. The van der Waals surface area contributed by atoms with Crippen LogP contribution >= 0.6 is 0 Å². The molecule has 1 aromatic carbocycles. The van der Waals surface area contributed by atoms with Crippen LogP contribution in [0.4, 0.5) is 5.69 Å². The minimum absolute atomic E-state index is 0.105. The van der Waals surface area contributed by atoms with Crippen molar-refractivity contribution < 1.29 is 23.8 Å². The van der Waals surface area contributed by atoms with Gasteiger partial charge in [0.15, 0.2) is 6.61 Å². The summed E-state index contributed by atoms with van der Waals surface area (Å²) in [6, 6.07) is 5.28. The maximum absolute atomic E-state index is 11.9. The van der Waals surface area contributed by atoms with E-state index >= 15 is 0 Å². The summed E-state index contributed by atoms with van der Waals surface area (Å²) in [4.78, 5) is 25.0. The fraction of sp³-hybridized carbons (Fsp3) is 0.429. The average molecular weight is 294 g/mol. The van der Waals surface area contributed by atoms with E-state index in [1.54, 1.807) is 18.2 Å². The predicted octanol–water partition coefficient (Wildman–Crippen LogP) is 0.0603. The first-order chi connectivity index (χ1) is 10.2. The molecule has 0 aromatic heterocycles. The quantitative estimate of drug-likeness (QED) is 0.589. The molecular weight excluding hydrogens is 276 g/mol. The standard InChI is InChI=1S/C14H18N2O5/c1-19-4-5-20-14(18)8-16-11-3-2-10(7-15)6-12(11)21-9-13(16)17/h2-3,6H,4-5,7-9,15H2,1H3. The number of nitrogens with two attached hydrogens (primary N) is 1. The van der Waals surface area contributed by atoms with E-state index < -0.39 is 5.97 Å². The van der Waals surface area contributed by atoms with E-state index in [0.717, 1.165) is 5.56 Å². The Bertz CT molecular complexity index is 532. The molecule has 2 N–H and O–H groups in total. The lowest BCUT2D eigenvalue weighted by Gasteiger charge is -2.28. The van der Waals surface area contributed by atoms with Crippen LogP contribution in [0, 0.1) is 0 Å². The number of esters is 1. The van der Waals surface area contributed by atoms with Gasteiger partial charge in [0.1, 0.15) is 18.9 Å². The molecule has 0 unspecified atom stereocenters. The van der Waals surface area contributed by atoms with E-state index in [9.17, 15) is 9.59 Å². The second-order valence-electron chi connectivity index (χ2n) is 4.49. The highest BCUT2D eigenvalue weighted by Gasteiger charge is 2.27. The largest absolute Gasteiger partial charge is 0.482 e. The summed E-state index contributed by atoms with van der Waals surface area (Å²) in [5.74, 6) is -0.231. The normalized spacial score (nSPS) is 13.6. The van der Waals surface area contributed by atoms with E-state index in [-0.39, 0.29) is 25.7 Å². The van der Waals surface area contributed by atoms with Crippen molar-refractivity contribution in [3.05, 3.63) is 23.8 Å². The van der Waals surface area contributed by atoms with Crippen molar-refractivity contribution in [3.8, 4) is 5.75 Å². The van der Waals surface area contributed by atoms with Gasteiger partial charge in [-0.1, -0.05) is 6.07 Å². The molecule has 1 amide bonds. The molecule has 114 valence electrons. The van der Waals surface area contributed by atoms with Crippen molar-refractivity contribution >= 4 is 17.6 Å². The number of anilines is 1. The van der Waals surface area contributed by atoms with Crippen LogP contribution < -0.4 is 15.4 Å². The van der Waals surface area contributed by atoms with Gasteiger partial charge in [-0.15, -0.1) is 0 Å². The smallest absolute Gasteiger partial charge is 0.326 e. The van der Waals surface area contributed by atoms with Gasteiger partial charge in [-0.05, 0) is 17.7 Å². The zero-order valence-electron chi connectivity index (χ0n) is 11.8. The molecule has 1 aromatic rings. The molecule has 7 heteroatoms. The second-order valence-corrected chi connectivity index (χ2v) is 4.49. The maximum Gasteiger partial charge on any atom is 0.326 e. The number of carbonyl (C=O) groups is 2. The number of carbonyl (C=O) groups excluding carboxylic acids is 2. The molecule has 0 atom stereocenters. The van der Waals surface area contributed by atoms with Crippen LogP contribution in [0.25, 0.3) is 0 Å². The van der Waals surface area contributed by atoms with E-state index in [4.69, 9.17) is 19.9 Å². The fourth-order valence-corrected chi connectivity index (χ4v) is 1.96. The van der Waals surface area contributed by atoms with Crippen molar-refractivity contribution in [2.45, 2.75) is 6.54 Å². The first-order valence-corrected chi connectivity index (χ1v) is 6.56. The van der Waals surface area contributed by atoms with E-state index in [1.165, 1.54) is 12.0 Å². The molecule has 21 heavy (non-hydrogen) atoms. The third kappa shape index (κ3) is 3.71. The van der Waals surface area contributed by atoms with Crippen molar-refractivity contribution in [2.24, 2.45) is 5.73 Å². The number of hydrogen-bond donors (Lipinski definition) is 1. The van der Waals surface area contributed by atoms with E-state index in [1.807, 2.05) is 0 Å². The summed E-state index contributed by atoms with van der Waals surface area (Å²) >= 11 is 0. The van der Waals surface area contributed by atoms with E-state index in [2.05, 4.69) is 0 Å². The molecule has 0 bridgehead atoms. The highest BCUT2D eigenvalue weighted by Crippen LogP contribution is 2.32. The number of hydrogen-bond acceptors (Lipinski definition) is 6. The monoisotopic (exact) mass is 294 g/mol. The van der Waals surface area contributed by atoms with Gasteiger partial charge in [-0.25, -0.2) is 0 Å². The number of methoxy groups -OCH3 is 1. The summed E-state index contributed by atoms with van der Waals surface area (Å²) in [5.41, 5.74) is 7.01. The Balaban J connectivity index is 2.09. The summed E-state index contributed by atoms with van der Waals surface area (Å²) in [6.07, 6.45) is 0. The van der Waals surface area contributed by atoms with Crippen LogP contribution in [-0.2, 0) is 25.6 Å². The summed E-state index contributed by atoms with van der Waals surface area (Å²) in [6.45, 7) is 0.600. The Hall–Kier alpha value is -2.12. The van der Waals surface area contributed by atoms with Crippen LogP contribution in [0.2, 0.25) is 0 Å². The number of nitrogens with zero attached hydrogens (tertiary/aromatic N) is 1. The Morgan fingerprint density at radius 2 is 2.24 bits per heavy atom. The second kappa shape index (κ2) is 7.05. The molecule has 7 nitrogen and oxygen atoms in total. The SMILES string of the molecule is COCCOC(=O)CN1C(=O)COc2cc(CN)ccc21. The van der Waals surface area contributed by atoms with Gasteiger partial charge in [0.25, 0.3) is 5.91 Å².